The van der Waals surface area contributed by atoms with Crippen molar-refractivity contribution in [1.82, 2.24) is 20.2 Å². The molecule has 7 heteroatoms. The Bertz CT molecular complexity index is 751. The molecule has 0 bridgehead atoms. The molecule has 1 amide bonds. The molecule has 126 valence electrons. The minimum Gasteiger partial charge on any atom is -0.346 e. The first-order valence-corrected chi connectivity index (χ1v) is 7.70. The number of rotatable bonds is 3. The molecule has 1 N–H and O–H groups in total. The molecule has 0 spiro atoms. The molecule has 2 aromatic rings. The highest BCUT2D eigenvalue weighted by atomic mass is 19.2. The van der Waals surface area contributed by atoms with Gasteiger partial charge in [-0.25, -0.2) is 13.8 Å². The van der Waals surface area contributed by atoms with Gasteiger partial charge in [0.1, 0.15) is 5.69 Å². The van der Waals surface area contributed by atoms with E-state index in [9.17, 15) is 13.6 Å². The van der Waals surface area contributed by atoms with Gasteiger partial charge in [-0.1, -0.05) is 6.07 Å². The molecular weight excluding hydrogens is 314 g/mol. The van der Waals surface area contributed by atoms with E-state index in [0.29, 0.717) is 12.0 Å². The van der Waals surface area contributed by atoms with Gasteiger partial charge in [-0.15, -0.1) is 0 Å². The Balaban J connectivity index is 1.80. The summed E-state index contributed by atoms with van der Waals surface area (Å²) in [6.45, 7) is 2.54. The van der Waals surface area contributed by atoms with Gasteiger partial charge < -0.3 is 5.32 Å². The third kappa shape index (κ3) is 3.26. The first kappa shape index (κ1) is 16.4. The lowest BCUT2D eigenvalue weighted by atomic mass is 9.99. The van der Waals surface area contributed by atoms with Crippen molar-refractivity contribution in [2.24, 2.45) is 0 Å². The number of likely N-dealkylation sites (tertiary alicyclic amines) is 1. The SMILES string of the molecule is Cc1cnc(C(=O)N[C@@H]2CCN(C)[C@@H]2c2ccc(F)c(F)c2)cn1. The zero-order valence-electron chi connectivity index (χ0n) is 13.5. The highest BCUT2D eigenvalue weighted by molar-refractivity contribution is 5.92. The number of aryl methyl sites for hydroxylation is 1. The van der Waals surface area contributed by atoms with Crippen molar-refractivity contribution in [3.63, 3.8) is 0 Å². The number of carbonyl (C=O) groups excluding carboxylic acids is 1. The van der Waals surface area contributed by atoms with Crippen LogP contribution in [0.3, 0.4) is 0 Å². The Hall–Kier alpha value is -2.41. The summed E-state index contributed by atoms with van der Waals surface area (Å²) in [6, 6.07) is 3.42. The van der Waals surface area contributed by atoms with Crippen LogP contribution in [0.5, 0.6) is 0 Å². The second-order valence-electron chi connectivity index (χ2n) is 6.01. The molecule has 24 heavy (non-hydrogen) atoms. The quantitative estimate of drug-likeness (QED) is 0.936. The molecule has 0 aliphatic carbocycles. The van der Waals surface area contributed by atoms with E-state index in [4.69, 9.17) is 0 Å². The molecule has 5 nitrogen and oxygen atoms in total. The summed E-state index contributed by atoms with van der Waals surface area (Å²) in [5, 5.41) is 2.93. The molecule has 1 aliphatic rings. The van der Waals surface area contributed by atoms with Crippen LogP contribution in [-0.2, 0) is 0 Å². The van der Waals surface area contributed by atoms with Crippen molar-refractivity contribution in [1.29, 1.82) is 0 Å². The molecule has 1 fully saturated rings. The lowest BCUT2D eigenvalue weighted by Crippen LogP contribution is -2.39. The molecule has 0 unspecified atom stereocenters. The largest absolute Gasteiger partial charge is 0.346 e. The molecule has 2 heterocycles. The van der Waals surface area contributed by atoms with Gasteiger partial charge in [0.05, 0.1) is 24.0 Å². The monoisotopic (exact) mass is 332 g/mol. The third-order valence-corrected chi connectivity index (χ3v) is 4.26. The Labute approximate surface area is 138 Å². The molecule has 1 aromatic heterocycles. The van der Waals surface area contributed by atoms with Crippen LogP contribution in [0, 0.1) is 18.6 Å². The van der Waals surface area contributed by atoms with Crippen LogP contribution in [0.2, 0.25) is 0 Å². The summed E-state index contributed by atoms with van der Waals surface area (Å²) >= 11 is 0. The lowest BCUT2D eigenvalue weighted by molar-refractivity contribution is 0.0922. The number of benzene rings is 1. The summed E-state index contributed by atoms with van der Waals surface area (Å²) in [4.78, 5) is 22.5. The number of aromatic nitrogens is 2. The van der Waals surface area contributed by atoms with Gasteiger partial charge in [0.25, 0.3) is 5.91 Å². The lowest BCUT2D eigenvalue weighted by Gasteiger charge is -2.26. The van der Waals surface area contributed by atoms with Gasteiger partial charge in [-0.3, -0.25) is 14.7 Å². The van der Waals surface area contributed by atoms with Gasteiger partial charge >= 0.3 is 0 Å². The summed E-state index contributed by atoms with van der Waals surface area (Å²) in [5.41, 5.74) is 1.60. The van der Waals surface area contributed by atoms with Crippen molar-refractivity contribution in [3.05, 3.63) is 59.2 Å². The van der Waals surface area contributed by atoms with Crippen molar-refractivity contribution < 1.29 is 13.6 Å². The average Bonchev–Trinajstić information content (AvgIpc) is 2.91. The van der Waals surface area contributed by atoms with Crippen molar-refractivity contribution in [2.75, 3.05) is 13.6 Å². The van der Waals surface area contributed by atoms with E-state index in [-0.39, 0.29) is 23.7 Å². The van der Waals surface area contributed by atoms with Crippen molar-refractivity contribution in [2.45, 2.75) is 25.4 Å². The van der Waals surface area contributed by atoms with E-state index in [0.717, 1.165) is 18.3 Å². The smallest absolute Gasteiger partial charge is 0.271 e. The fraction of sp³-hybridized carbons (Fsp3) is 0.353. The summed E-state index contributed by atoms with van der Waals surface area (Å²) in [5.74, 6) is -2.09. The molecule has 2 atom stereocenters. The van der Waals surface area contributed by atoms with Gasteiger partial charge in [0.15, 0.2) is 11.6 Å². The van der Waals surface area contributed by atoms with Gasteiger partial charge in [-0.2, -0.15) is 0 Å². The molecule has 0 radical (unpaired) electrons. The number of carbonyl (C=O) groups is 1. The van der Waals surface area contributed by atoms with Gasteiger partial charge in [0, 0.05) is 12.7 Å². The number of hydrogen-bond donors (Lipinski definition) is 1. The fourth-order valence-electron chi connectivity index (χ4n) is 3.03. The van der Waals surface area contributed by atoms with E-state index < -0.39 is 11.6 Å². The fourth-order valence-corrected chi connectivity index (χ4v) is 3.03. The Morgan fingerprint density at radius 1 is 1.25 bits per heavy atom. The Morgan fingerprint density at radius 3 is 2.71 bits per heavy atom. The van der Waals surface area contributed by atoms with E-state index >= 15 is 0 Å². The molecule has 0 saturated carbocycles. The summed E-state index contributed by atoms with van der Waals surface area (Å²) < 4.78 is 26.7. The van der Waals surface area contributed by atoms with Crippen LogP contribution in [0.1, 0.15) is 34.2 Å². The van der Waals surface area contributed by atoms with Crippen LogP contribution in [-0.4, -0.2) is 40.4 Å². The first-order chi connectivity index (χ1) is 11.5. The predicted molar refractivity (Wildman–Crippen MR) is 84.4 cm³/mol. The summed E-state index contributed by atoms with van der Waals surface area (Å²) in [6.07, 6.45) is 3.67. The number of likely N-dealkylation sites (N-methyl/N-ethyl adjacent to an activating group) is 1. The van der Waals surface area contributed by atoms with Crippen LogP contribution >= 0.6 is 0 Å². The number of hydrogen-bond acceptors (Lipinski definition) is 4. The number of amides is 1. The molecule has 1 aromatic carbocycles. The first-order valence-electron chi connectivity index (χ1n) is 7.70. The second-order valence-corrected chi connectivity index (χ2v) is 6.01. The van der Waals surface area contributed by atoms with E-state index in [2.05, 4.69) is 15.3 Å². The van der Waals surface area contributed by atoms with E-state index in [1.807, 2.05) is 11.9 Å². The average molecular weight is 332 g/mol. The van der Waals surface area contributed by atoms with Gasteiger partial charge in [0.2, 0.25) is 0 Å². The highest BCUT2D eigenvalue weighted by Crippen LogP contribution is 2.31. The van der Waals surface area contributed by atoms with Crippen LogP contribution in [0.25, 0.3) is 0 Å². The normalized spacial score (nSPS) is 21.0. The zero-order chi connectivity index (χ0) is 17.3. The molecule has 1 saturated heterocycles. The highest BCUT2D eigenvalue weighted by Gasteiger charge is 2.34. The third-order valence-electron chi connectivity index (χ3n) is 4.26. The minimum absolute atomic E-state index is 0.213. The number of halogens is 2. The maximum absolute atomic E-state index is 13.6. The standard InChI is InChI=1S/C17H18F2N4O/c1-10-8-21-15(9-20-10)17(24)22-14-5-6-23(2)16(14)11-3-4-12(18)13(19)7-11/h3-4,7-9,14,16H,5-6H2,1-2H3,(H,22,24)/t14-,16-/m1/s1. The maximum Gasteiger partial charge on any atom is 0.271 e. The number of nitrogens with zero attached hydrogens (tertiary/aromatic N) is 3. The maximum atomic E-state index is 13.6. The number of nitrogens with one attached hydrogen (secondary N) is 1. The molecule has 1 aliphatic heterocycles. The van der Waals surface area contributed by atoms with Crippen LogP contribution < -0.4 is 5.32 Å². The van der Waals surface area contributed by atoms with Crippen molar-refractivity contribution >= 4 is 5.91 Å². The summed E-state index contributed by atoms with van der Waals surface area (Å²) in [7, 11) is 1.89. The topological polar surface area (TPSA) is 58.1 Å². The van der Waals surface area contributed by atoms with E-state index in [1.165, 1.54) is 18.5 Å². The van der Waals surface area contributed by atoms with Gasteiger partial charge in [-0.05, 0) is 38.1 Å². The zero-order valence-corrected chi connectivity index (χ0v) is 13.5. The molecule has 3 rings (SSSR count). The second kappa shape index (κ2) is 6.60. The van der Waals surface area contributed by atoms with E-state index in [1.54, 1.807) is 13.0 Å². The van der Waals surface area contributed by atoms with Crippen molar-refractivity contribution in [3.8, 4) is 0 Å². The molecular formula is C17H18F2N4O. The van der Waals surface area contributed by atoms with Crippen LogP contribution in [0.15, 0.2) is 30.6 Å². The van der Waals surface area contributed by atoms with Crippen LogP contribution in [0.4, 0.5) is 8.78 Å². The predicted octanol–water partition coefficient (Wildman–Crippen LogP) is 2.24. The Morgan fingerprint density at radius 2 is 2.04 bits per heavy atom. The minimum atomic E-state index is -0.887. The Kier molecular flexibility index (Phi) is 4.53.